The van der Waals surface area contributed by atoms with Crippen molar-refractivity contribution >= 4 is 11.4 Å². The topological polar surface area (TPSA) is 75.4 Å². The maximum Gasteiger partial charge on any atom is 0.296 e. The average Bonchev–Trinajstić information content (AvgIpc) is 2.40. The molecule has 0 bridgehead atoms. The van der Waals surface area contributed by atoms with E-state index >= 15 is 0 Å². The van der Waals surface area contributed by atoms with E-state index in [1.54, 1.807) is 6.07 Å². The quantitative estimate of drug-likeness (QED) is 0.496. The third-order valence-corrected chi connectivity index (χ3v) is 4.54. The Labute approximate surface area is 125 Å². The molecule has 1 aromatic rings. The molecule has 0 radical (unpaired) electrons. The summed E-state index contributed by atoms with van der Waals surface area (Å²) >= 11 is 0. The molecule has 0 spiro atoms. The van der Waals surface area contributed by atoms with E-state index in [1.807, 2.05) is 0 Å². The SMILES string of the molecule is CC1CCC(C(C)C)C(Nc2ccc(O)cc2[N+](=O)[O-])C1. The molecule has 1 aliphatic rings. The number of rotatable bonds is 4. The summed E-state index contributed by atoms with van der Waals surface area (Å²) < 4.78 is 0. The number of phenols is 1. The summed E-state index contributed by atoms with van der Waals surface area (Å²) in [6, 6.07) is 4.55. The Bertz CT molecular complexity index is 516. The number of benzene rings is 1. The standard InChI is InChI=1S/C16H24N2O3/c1-10(2)13-6-4-11(3)8-15(13)17-14-7-5-12(19)9-16(14)18(20)21/h5,7,9-11,13,15,17,19H,4,6,8H2,1-3H3. The predicted octanol–water partition coefficient (Wildman–Crippen LogP) is 4.17. The van der Waals surface area contributed by atoms with Crippen molar-refractivity contribution in [2.75, 3.05) is 5.32 Å². The fourth-order valence-corrected chi connectivity index (χ4v) is 3.36. The molecule has 2 N–H and O–H groups in total. The van der Waals surface area contributed by atoms with Gasteiger partial charge in [0.05, 0.1) is 11.0 Å². The highest BCUT2D eigenvalue weighted by Gasteiger charge is 2.31. The molecule has 21 heavy (non-hydrogen) atoms. The van der Waals surface area contributed by atoms with Crippen LogP contribution in [-0.2, 0) is 0 Å². The van der Waals surface area contributed by atoms with E-state index in [4.69, 9.17) is 0 Å². The highest BCUT2D eigenvalue weighted by molar-refractivity contribution is 5.64. The summed E-state index contributed by atoms with van der Waals surface area (Å²) in [5, 5.41) is 24.0. The van der Waals surface area contributed by atoms with Gasteiger partial charge in [0.15, 0.2) is 0 Å². The minimum atomic E-state index is -0.446. The summed E-state index contributed by atoms with van der Waals surface area (Å²) in [5.41, 5.74) is 0.443. The molecule has 0 heterocycles. The van der Waals surface area contributed by atoms with Crippen molar-refractivity contribution in [1.29, 1.82) is 0 Å². The Kier molecular flexibility index (Phi) is 4.70. The number of nitro benzene ring substituents is 1. The lowest BCUT2D eigenvalue weighted by Crippen LogP contribution is -2.37. The van der Waals surface area contributed by atoms with Crippen LogP contribution in [0.5, 0.6) is 5.75 Å². The fraction of sp³-hybridized carbons (Fsp3) is 0.625. The highest BCUT2D eigenvalue weighted by atomic mass is 16.6. The Morgan fingerprint density at radius 2 is 2.10 bits per heavy atom. The normalized spacial score (nSPS) is 25.8. The molecule has 1 saturated carbocycles. The van der Waals surface area contributed by atoms with Crippen LogP contribution in [0, 0.1) is 27.9 Å². The number of hydrogen-bond donors (Lipinski definition) is 2. The Hall–Kier alpha value is -1.78. The lowest BCUT2D eigenvalue weighted by molar-refractivity contribution is -0.384. The second-order valence-corrected chi connectivity index (χ2v) is 6.54. The van der Waals surface area contributed by atoms with Crippen molar-refractivity contribution in [3.63, 3.8) is 0 Å². The Morgan fingerprint density at radius 3 is 2.71 bits per heavy atom. The van der Waals surface area contributed by atoms with Gasteiger partial charge >= 0.3 is 0 Å². The van der Waals surface area contributed by atoms with Gasteiger partial charge in [0.2, 0.25) is 0 Å². The molecular formula is C16H24N2O3. The van der Waals surface area contributed by atoms with E-state index in [2.05, 4.69) is 26.1 Å². The summed E-state index contributed by atoms with van der Waals surface area (Å²) in [6.07, 6.45) is 3.40. The largest absolute Gasteiger partial charge is 0.508 e. The maximum atomic E-state index is 11.1. The van der Waals surface area contributed by atoms with E-state index in [1.165, 1.54) is 18.6 Å². The van der Waals surface area contributed by atoms with Gasteiger partial charge in [-0.15, -0.1) is 0 Å². The van der Waals surface area contributed by atoms with Crippen LogP contribution in [-0.4, -0.2) is 16.1 Å². The van der Waals surface area contributed by atoms with Crippen LogP contribution in [0.25, 0.3) is 0 Å². The van der Waals surface area contributed by atoms with Gasteiger partial charge in [-0.05, 0) is 42.7 Å². The van der Waals surface area contributed by atoms with Crippen molar-refractivity contribution < 1.29 is 10.0 Å². The third kappa shape index (κ3) is 3.65. The smallest absolute Gasteiger partial charge is 0.296 e. The average molecular weight is 292 g/mol. The minimum absolute atomic E-state index is 0.0595. The summed E-state index contributed by atoms with van der Waals surface area (Å²) in [7, 11) is 0. The molecule has 1 fully saturated rings. The molecule has 0 aliphatic heterocycles. The van der Waals surface area contributed by atoms with Gasteiger partial charge in [-0.1, -0.05) is 27.2 Å². The number of aromatic hydroxyl groups is 1. The Morgan fingerprint density at radius 1 is 1.38 bits per heavy atom. The van der Waals surface area contributed by atoms with Gasteiger partial charge in [-0.3, -0.25) is 10.1 Å². The summed E-state index contributed by atoms with van der Waals surface area (Å²) in [5.74, 6) is 1.62. The number of nitrogens with zero attached hydrogens (tertiary/aromatic N) is 1. The van der Waals surface area contributed by atoms with Crippen molar-refractivity contribution in [2.24, 2.45) is 17.8 Å². The maximum absolute atomic E-state index is 11.1. The first-order valence-corrected chi connectivity index (χ1v) is 7.62. The zero-order valence-electron chi connectivity index (χ0n) is 12.9. The van der Waals surface area contributed by atoms with E-state index in [0.29, 0.717) is 23.4 Å². The minimum Gasteiger partial charge on any atom is -0.508 e. The lowest BCUT2D eigenvalue weighted by Gasteiger charge is -2.38. The molecule has 3 atom stereocenters. The molecule has 3 unspecified atom stereocenters. The van der Waals surface area contributed by atoms with Gasteiger partial charge in [0.1, 0.15) is 11.4 Å². The number of nitro groups is 1. The van der Waals surface area contributed by atoms with Crippen molar-refractivity contribution in [3.8, 4) is 5.75 Å². The van der Waals surface area contributed by atoms with Crippen LogP contribution < -0.4 is 5.32 Å². The van der Waals surface area contributed by atoms with Crippen molar-refractivity contribution in [2.45, 2.75) is 46.1 Å². The first kappa shape index (κ1) is 15.6. The molecule has 0 saturated heterocycles. The molecular weight excluding hydrogens is 268 g/mol. The lowest BCUT2D eigenvalue weighted by atomic mass is 9.74. The van der Waals surface area contributed by atoms with Gasteiger partial charge in [0, 0.05) is 6.04 Å². The molecule has 1 aliphatic carbocycles. The first-order valence-electron chi connectivity index (χ1n) is 7.62. The van der Waals surface area contributed by atoms with Crippen LogP contribution >= 0.6 is 0 Å². The summed E-state index contributed by atoms with van der Waals surface area (Å²) in [6.45, 7) is 6.65. The van der Waals surface area contributed by atoms with Gasteiger partial charge in [-0.2, -0.15) is 0 Å². The third-order valence-electron chi connectivity index (χ3n) is 4.54. The zero-order valence-corrected chi connectivity index (χ0v) is 12.9. The molecule has 5 nitrogen and oxygen atoms in total. The van der Waals surface area contributed by atoms with Crippen molar-refractivity contribution in [3.05, 3.63) is 28.3 Å². The van der Waals surface area contributed by atoms with Crippen LogP contribution in [0.4, 0.5) is 11.4 Å². The predicted molar refractivity (Wildman–Crippen MR) is 83.5 cm³/mol. The van der Waals surface area contributed by atoms with Gasteiger partial charge < -0.3 is 10.4 Å². The summed E-state index contributed by atoms with van der Waals surface area (Å²) in [4.78, 5) is 10.7. The van der Waals surface area contributed by atoms with Crippen molar-refractivity contribution in [1.82, 2.24) is 0 Å². The van der Waals surface area contributed by atoms with Crippen LogP contribution in [0.15, 0.2) is 18.2 Å². The molecule has 0 amide bonds. The molecule has 2 rings (SSSR count). The zero-order chi connectivity index (χ0) is 15.6. The van der Waals surface area contributed by atoms with Crippen LogP contribution in [0.3, 0.4) is 0 Å². The van der Waals surface area contributed by atoms with E-state index in [-0.39, 0.29) is 17.5 Å². The fourth-order valence-electron chi connectivity index (χ4n) is 3.36. The first-order chi connectivity index (χ1) is 9.88. The van der Waals surface area contributed by atoms with E-state index < -0.39 is 4.92 Å². The van der Waals surface area contributed by atoms with Crippen LogP contribution in [0.1, 0.15) is 40.0 Å². The number of anilines is 1. The van der Waals surface area contributed by atoms with E-state index in [0.717, 1.165) is 12.8 Å². The van der Waals surface area contributed by atoms with Gasteiger partial charge in [-0.25, -0.2) is 0 Å². The molecule has 116 valence electrons. The van der Waals surface area contributed by atoms with Crippen LogP contribution in [0.2, 0.25) is 0 Å². The number of nitrogens with one attached hydrogen (secondary N) is 1. The monoisotopic (exact) mass is 292 g/mol. The highest BCUT2D eigenvalue weighted by Crippen LogP contribution is 2.37. The van der Waals surface area contributed by atoms with Gasteiger partial charge in [0.25, 0.3) is 5.69 Å². The molecule has 1 aromatic carbocycles. The van der Waals surface area contributed by atoms with E-state index in [9.17, 15) is 15.2 Å². The molecule has 0 aromatic heterocycles. The Balaban J connectivity index is 2.24. The second-order valence-electron chi connectivity index (χ2n) is 6.54. The number of phenolic OH excluding ortho intramolecular Hbond substituents is 1. The number of hydrogen-bond acceptors (Lipinski definition) is 4. The second kappa shape index (κ2) is 6.33. The molecule has 5 heteroatoms.